The van der Waals surface area contributed by atoms with Crippen molar-refractivity contribution in [3.63, 3.8) is 0 Å². The molecule has 2 aromatic carbocycles. The van der Waals surface area contributed by atoms with E-state index >= 15 is 0 Å². The molecule has 0 radical (unpaired) electrons. The Labute approximate surface area is 340 Å². The van der Waals surface area contributed by atoms with Crippen LogP contribution >= 0.6 is 0 Å². The number of nitrogens with one attached hydrogen (secondary N) is 2. The SMILES string of the molecule is COc1ccc(CCN2CCC(NC(=O)C3C(C(=O)O)[C@H]4C=C[C@@H]3O4)CC2)cc1.COc1ccc(CCN2CCC(NC(=O)C3C(C(=O)O)[C@H]4CC[C@@H]3O4)CC2)cc1. The maximum atomic E-state index is 12.8. The number of hydrogen-bond donors (Lipinski definition) is 4. The van der Waals surface area contributed by atoms with Gasteiger partial charge in [0, 0.05) is 51.4 Å². The van der Waals surface area contributed by atoms with Crippen LogP contribution in [0.5, 0.6) is 11.5 Å². The molecule has 6 heterocycles. The zero-order chi connectivity index (χ0) is 40.8. The zero-order valence-corrected chi connectivity index (χ0v) is 33.5. The van der Waals surface area contributed by atoms with E-state index in [2.05, 4.69) is 44.7 Å². The van der Waals surface area contributed by atoms with Gasteiger partial charge < -0.3 is 49.6 Å². The Bertz CT molecular complexity index is 1760. The van der Waals surface area contributed by atoms with Gasteiger partial charge in [-0.05, 0) is 86.8 Å². The van der Waals surface area contributed by atoms with Gasteiger partial charge in [-0.25, -0.2) is 0 Å². The van der Waals surface area contributed by atoms with E-state index in [1.54, 1.807) is 20.3 Å². The molecule has 8 rings (SSSR count). The van der Waals surface area contributed by atoms with Gasteiger partial charge in [0.25, 0.3) is 0 Å². The van der Waals surface area contributed by atoms with Crippen LogP contribution < -0.4 is 20.1 Å². The van der Waals surface area contributed by atoms with E-state index in [4.69, 9.17) is 18.9 Å². The Balaban J connectivity index is 0.000000177. The molecular weight excluding hydrogens is 745 g/mol. The minimum absolute atomic E-state index is 0.0947. The number of hydrogen-bond acceptors (Lipinski definition) is 10. The third-order valence-electron chi connectivity index (χ3n) is 13.0. The number of aliphatic carboxylic acids is 2. The van der Waals surface area contributed by atoms with Gasteiger partial charge in [0.05, 0.1) is 56.4 Å². The lowest BCUT2D eigenvalue weighted by molar-refractivity contribution is -0.148. The number of carbonyl (C=O) groups is 4. The third kappa shape index (κ3) is 9.85. The van der Waals surface area contributed by atoms with Crippen molar-refractivity contribution >= 4 is 23.8 Å². The summed E-state index contributed by atoms with van der Waals surface area (Å²) < 4.78 is 21.7. The summed E-state index contributed by atoms with van der Waals surface area (Å²) in [7, 11) is 3.34. The van der Waals surface area contributed by atoms with Gasteiger partial charge in [-0.1, -0.05) is 36.4 Å². The van der Waals surface area contributed by atoms with E-state index in [0.29, 0.717) is 0 Å². The molecule has 58 heavy (non-hydrogen) atoms. The number of methoxy groups -OCH3 is 2. The second-order valence-corrected chi connectivity index (χ2v) is 16.5. The van der Waals surface area contributed by atoms with Crippen molar-refractivity contribution < 1.29 is 48.3 Å². The van der Waals surface area contributed by atoms with Crippen molar-refractivity contribution in [1.82, 2.24) is 20.4 Å². The summed E-state index contributed by atoms with van der Waals surface area (Å²) in [6.07, 6.45) is 9.21. The molecule has 6 aliphatic rings. The molecule has 2 aromatic rings. The van der Waals surface area contributed by atoms with Crippen LogP contribution in [0.2, 0.25) is 0 Å². The Hall–Kier alpha value is -4.50. The molecule has 2 amide bonds. The minimum atomic E-state index is -0.963. The molecule has 4 N–H and O–H groups in total. The first-order valence-corrected chi connectivity index (χ1v) is 20.9. The number of ether oxygens (including phenoxy) is 4. The predicted octanol–water partition coefficient (Wildman–Crippen LogP) is 3.17. The molecule has 0 aromatic heterocycles. The average Bonchev–Trinajstić information content (AvgIpc) is 4.06. The van der Waals surface area contributed by atoms with Crippen molar-refractivity contribution in [3.8, 4) is 11.5 Å². The number of piperidine rings is 2. The van der Waals surface area contributed by atoms with Crippen LogP contribution in [0, 0.1) is 23.7 Å². The van der Waals surface area contributed by atoms with Crippen molar-refractivity contribution in [2.75, 3.05) is 53.5 Å². The Morgan fingerprint density at radius 1 is 0.586 bits per heavy atom. The summed E-state index contributed by atoms with van der Waals surface area (Å²) in [5.41, 5.74) is 2.57. The van der Waals surface area contributed by atoms with E-state index < -0.39 is 47.8 Å². The fourth-order valence-corrected chi connectivity index (χ4v) is 9.60. The number of rotatable bonds is 14. The van der Waals surface area contributed by atoms with Crippen molar-refractivity contribution in [2.24, 2.45) is 23.7 Å². The predicted molar refractivity (Wildman–Crippen MR) is 214 cm³/mol. The molecule has 8 atom stereocenters. The van der Waals surface area contributed by atoms with E-state index in [0.717, 1.165) is 102 Å². The van der Waals surface area contributed by atoms with Crippen LogP contribution in [-0.2, 0) is 41.5 Å². The van der Waals surface area contributed by atoms with Gasteiger partial charge in [-0.3, -0.25) is 19.2 Å². The monoisotopic (exact) mass is 802 g/mol. The molecule has 4 bridgehead atoms. The first-order valence-electron chi connectivity index (χ1n) is 20.9. The fourth-order valence-electron chi connectivity index (χ4n) is 9.60. The average molecular weight is 803 g/mol. The summed E-state index contributed by atoms with van der Waals surface area (Å²) in [6.45, 7) is 5.72. The molecule has 5 fully saturated rings. The molecule has 14 nitrogen and oxygen atoms in total. The van der Waals surface area contributed by atoms with Crippen LogP contribution in [-0.4, -0.2) is 134 Å². The second kappa shape index (κ2) is 19.0. The smallest absolute Gasteiger partial charge is 0.310 e. The summed E-state index contributed by atoms with van der Waals surface area (Å²) in [5.74, 6) is -3.11. The first-order chi connectivity index (χ1) is 28.1. The van der Waals surface area contributed by atoms with Crippen LogP contribution in [0.15, 0.2) is 60.7 Å². The standard InChI is InChI=1S/C22H30N2O5.C22H28N2O5/c2*1-28-16-4-2-14(3-5-16)8-11-24-12-9-15(10-13-24)23-21(25)19-17-6-7-18(29-17)20(19)22(26)27/h2-5,15,17-20H,6-13H2,1H3,(H,23,25)(H,26,27);2-7,15,17-20H,8-13H2,1H3,(H,23,25)(H,26,27)/t2*17-,18+,19?,20?/m00/s1. The van der Waals surface area contributed by atoms with Gasteiger partial charge in [-0.2, -0.15) is 0 Å². The number of carboxylic acid groups (broad SMARTS) is 2. The molecule has 0 saturated carbocycles. The van der Waals surface area contributed by atoms with Gasteiger partial charge in [0.1, 0.15) is 17.4 Å². The quantitative estimate of drug-likeness (QED) is 0.206. The highest BCUT2D eigenvalue weighted by Gasteiger charge is 2.56. The number of benzene rings is 2. The van der Waals surface area contributed by atoms with Crippen molar-refractivity contribution in [2.45, 2.75) is 87.9 Å². The lowest BCUT2D eigenvalue weighted by Crippen LogP contribution is -2.50. The van der Waals surface area contributed by atoms with Crippen LogP contribution in [0.3, 0.4) is 0 Å². The Kier molecular flexibility index (Phi) is 13.7. The molecule has 5 saturated heterocycles. The number of carboxylic acids is 2. The highest BCUT2D eigenvalue weighted by atomic mass is 16.5. The van der Waals surface area contributed by atoms with E-state index in [9.17, 15) is 29.4 Å². The van der Waals surface area contributed by atoms with E-state index in [1.807, 2.05) is 30.3 Å². The van der Waals surface area contributed by atoms with Gasteiger partial charge in [0.15, 0.2) is 0 Å². The van der Waals surface area contributed by atoms with Crippen LogP contribution in [0.1, 0.15) is 49.7 Å². The second-order valence-electron chi connectivity index (χ2n) is 16.5. The number of nitrogens with zero attached hydrogens (tertiary/aromatic N) is 2. The first kappa shape index (κ1) is 41.7. The number of fused-ring (bicyclic) bond motifs is 4. The lowest BCUT2D eigenvalue weighted by Gasteiger charge is -2.33. The maximum Gasteiger partial charge on any atom is 0.310 e. The summed E-state index contributed by atoms with van der Waals surface area (Å²) in [6, 6.07) is 16.5. The largest absolute Gasteiger partial charge is 0.497 e. The molecule has 314 valence electrons. The topological polar surface area (TPSA) is 176 Å². The molecule has 4 unspecified atom stereocenters. The zero-order valence-electron chi connectivity index (χ0n) is 33.5. The summed E-state index contributed by atoms with van der Waals surface area (Å²) in [5, 5.41) is 25.2. The van der Waals surface area contributed by atoms with Gasteiger partial charge >= 0.3 is 11.9 Å². The summed E-state index contributed by atoms with van der Waals surface area (Å²) >= 11 is 0. The van der Waals surface area contributed by atoms with Gasteiger partial charge in [-0.15, -0.1) is 0 Å². The molecular formula is C44H58N4O10. The number of carbonyl (C=O) groups excluding carboxylic acids is 2. The normalized spacial score (nSPS) is 29.4. The van der Waals surface area contributed by atoms with E-state index in [1.165, 1.54) is 11.1 Å². The highest BCUT2D eigenvalue weighted by molar-refractivity contribution is 5.88. The third-order valence-corrected chi connectivity index (χ3v) is 13.0. The molecule has 0 spiro atoms. The van der Waals surface area contributed by atoms with Crippen molar-refractivity contribution in [3.05, 3.63) is 71.8 Å². The van der Waals surface area contributed by atoms with Crippen LogP contribution in [0.4, 0.5) is 0 Å². The maximum absolute atomic E-state index is 12.8. The summed E-state index contributed by atoms with van der Waals surface area (Å²) in [4.78, 5) is 53.5. The number of likely N-dealkylation sites (tertiary alicyclic amines) is 2. The minimum Gasteiger partial charge on any atom is -0.497 e. The van der Waals surface area contributed by atoms with Crippen molar-refractivity contribution in [1.29, 1.82) is 0 Å². The molecule has 14 heteroatoms. The van der Waals surface area contributed by atoms with Gasteiger partial charge in [0.2, 0.25) is 11.8 Å². The lowest BCUT2D eigenvalue weighted by atomic mass is 9.78. The van der Waals surface area contributed by atoms with E-state index in [-0.39, 0.29) is 36.1 Å². The Morgan fingerprint density at radius 2 is 1.00 bits per heavy atom. The Morgan fingerprint density at radius 3 is 1.43 bits per heavy atom. The highest BCUT2D eigenvalue weighted by Crippen LogP contribution is 2.44. The fraction of sp³-hybridized carbons (Fsp3) is 0.591. The number of amides is 2. The van der Waals surface area contributed by atoms with Crippen LogP contribution in [0.25, 0.3) is 0 Å². The molecule has 6 aliphatic heterocycles. The molecule has 0 aliphatic carbocycles.